The first-order valence-electron chi connectivity index (χ1n) is 12.3. The van der Waals surface area contributed by atoms with Crippen molar-refractivity contribution in [2.45, 2.75) is 19.6 Å². The van der Waals surface area contributed by atoms with Crippen molar-refractivity contribution in [3.8, 4) is 16.9 Å². The van der Waals surface area contributed by atoms with E-state index in [1.807, 2.05) is 97.9 Å². The average molecular weight is 530 g/mol. The molecule has 0 radical (unpaired) electrons. The van der Waals surface area contributed by atoms with Crippen molar-refractivity contribution in [1.82, 2.24) is 4.90 Å². The summed E-state index contributed by atoms with van der Waals surface area (Å²) < 4.78 is 22.7. The molecule has 4 rings (SSSR count). The van der Waals surface area contributed by atoms with E-state index in [1.165, 1.54) is 0 Å². The second-order valence-corrected chi connectivity index (χ2v) is 10.2. The molecule has 1 unspecified atom stereocenters. The third-order valence-corrected chi connectivity index (χ3v) is 7.56. The van der Waals surface area contributed by atoms with Gasteiger partial charge in [-0.2, -0.15) is 0 Å². The van der Waals surface area contributed by atoms with Gasteiger partial charge in [0.1, 0.15) is 25.0 Å². The van der Waals surface area contributed by atoms with Gasteiger partial charge in [0.05, 0.1) is 0 Å². The van der Waals surface area contributed by atoms with Crippen molar-refractivity contribution in [3.63, 3.8) is 0 Å². The molecule has 1 aliphatic heterocycles. The summed E-state index contributed by atoms with van der Waals surface area (Å²) in [5.41, 5.74) is 4.60. The number of benzene rings is 3. The van der Waals surface area contributed by atoms with E-state index in [0.29, 0.717) is 18.1 Å². The van der Waals surface area contributed by atoms with E-state index in [-0.39, 0.29) is 12.6 Å². The number of carbonyl (C=O) groups is 1. The van der Waals surface area contributed by atoms with Crippen molar-refractivity contribution in [3.05, 3.63) is 121 Å². The molecule has 1 saturated heterocycles. The Morgan fingerprint density at radius 2 is 1.76 bits per heavy atom. The van der Waals surface area contributed by atoms with Crippen LogP contribution in [0.5, 0.6) is 5.75 Å². The van der Waals surface area contributed by atoms with Crippen LogP contribution in [0.2, 0.25) is 0 Å². The van der Waals surface area contributed by atoms with Crippen LogP contribution in [0.25, 0.3) is 11.1 Å². The number of hydrogen-bond acceptors (Lipinski definition) is 5. The lowest BCUT2D eigenvalue weighted by Crippen LogP contribution is -2.26. The van der Waals surface area contributed by atoms with Crippen molar-refractivity contribution in [2.75, 3.05) is 20.8 Å². The van der Waals surface area contributed by atoms with E-state index < -0.39 is 14.5 Å². The molecular formula is C31H32NO5P. The normalized spacial score (nSPS) is 15.8. The van der Waals surface area contributed by atoms with Crippen molar-refractivity contribution in [1.29, 1.82) is 0 Å². The minimum Gasteiger partial charge on any atom is -0.489 e. The third kappa shape index (κ3) is 6.22. The molecule has 3 aromatic carbocycles. The minimum absolute atomic E-state index is 0.215. The predicted molar refractivity (Wildman–Crippen MR) is 152 cm³/mol. The molecule has 0 N–H and O–H groups in total. The molecule has 6 nitrogen and oxygen atoms in total. The van der Waals surface area contributed by atoms with Crippen LogP contribution in [-0.2, 0) is 20.4 Å². The Labute approximate surface area is 225 Å². The predicted octanol–water partition coefficient (Wildman–Crippen LogP) is 7.30. The standard InChI is InChI=1S/C31H32NO5P/c1-5-7-13-26(6-2)32-29(22-37-31(32)33)28-19-16-25(20-30(28)36-21-23-11-9-8-10-12-23)24-14-17-27(18-15-24)38(34-3)35-4/h5-20,29H,2,21-22H2,1,3-4H3/b7-5-,26-13+. The first-order valence-corrected chi connectivity index (χ1v) is 13.5. The van der Waals surface area contributed by atoms with Crippen LogP contribution in [0.15, 0.2) is 109 Å². The molecule has 7 heteroatoms. The van der Waals surface area contributed by atoms with Crippen LogP contribution in [-0.4, -0.2) is 31.8 Å². The summed E-state index contributed by atoms with van der Waals surface area (Å²) in [7, 11) is 2.19. The number of allylic oxidation sites excluding steroid dienone is 4. The number of rotatable bonds is 11. The van der Waals surface area contributed by atoms with Crippen LogP contribution in [0, 0.1) is 0 Å². The van der Waals surface area contributed by atoms with Gasteiger partial charge in [-0.1, -0.05) is 73.3 Å². The second kappa shape index (κ2) is 13.2. The fraction of sp³-hybridized carbons (Fsp3) is 0.194. The van der Waals surface area contributed by atoms with E-state index in [2.05, 4.69) is 6.58 Å². The van der Waals surface area contributed by atoms with Crippen LogP contribution < -0.4 is 10.0 Å². The van der Waals surface area contributed by atoms with Gasteiger partial charge in [0.15, 0.2) is 0 Å². The molecule has 196 valence electrons. The Morgan fingerprint density at radius 3 is 2.42 bits per heavy atom. The van der Waals surface area contributed by atoms with Gasteiger partial charge in [-0.15, -0.1) is 0 Å². The van der Waals surface area contributed by atoms with Gasteiger partial charge < -0.3 is 18.5 Å². The topological polar surface area (TPSA) is 57.2 Å². The molecule has 38 heavy (non-hydrogen) atoms. The highest BCUT2D eigenvalue weighted by Crippen LogP contribution is 2.40. The lowest BCUT2D eigenvalue weighted by atomic mass is 9.99. The molecule has 1 heterocycles. The SMILES string of the molecule is C=C/C(=C\C=C/C)N1C(=O)OCC1c1ccc(-c2ccc(P(OC)OC)cc2)cc1OCc1ccccc1. The maximum atomic E-state index is 12.8. The van der Waals surface area contributed by atoms with Gasteiger partial charge in [0.25, 0.3) is 0 Å². The first-order chi connectivity index (χ1) is 18.6. The maximum Gasteiger partial charge on any atom is 0.415 e. The molecule has 0 spiro atoms. The lowest BCUT2D eigenvalue weighted by Gasteiger charge is -2.25. The average Bonchev–Trinajstić information content (AvgIpc) is 3.34. The zero-order chi connectivity index (χ0) is 26.9. The number of amides is 1. The Morgan fingerprint density at radius 1 is 1.05 bits per heavy atom. The quantitative estimate of drug-likeness (QED) is 0.193. The van der Waals surface area contributed by atoms with E-state index >= 15 is 0 Å². The third-order valence-electron chi connectivity index (χ3n) is 6.17. The van der Waals surface area contributed by atoms with Gasteiger partial charge >= 0.3 is 6.09 Å². The maximum absolute atomic E-state index is 12.8. The van der Waals surface area contributed by atoms with Crippen molar-refractivity contribution >= 4 is 19.8 Å². The molecule has 0 aromatic heterocycles. The summed E-state index contributed by atoms with van der Waals surface area (Å²) in [4.78, 5) is 14.4. The molecule has 1 amide bonds. The van der Waals surface area contributed by atoms with Gasteiger partial charge in [-0.25, -0.2) is 4.79 Å². The summed E-state index contributed by atoms with van der Waals surface area (Å²) in [6, 6.07) is 23.8. The van der Waals surface area contributed by atoms with Crippen molar-refractivity contribution < 1.29 is 23.3 Å². The van der Waals surface area contributed by atoms with Gasteiger partial charge in [-0.3, -0.25) is 4.90 Å². The van der Waals surface area contributed by atoms with Gasteiger partial charge in [0, 0.05) is 30.8 Å². The molecule has 1 atom stereocenters. The highest BCUT2D eigenvalue weighted by atomic mass is 31.2. The summed E-state index contributed by atoms with van der Waals surface area (Å²) in [6.07, 6.45) is 6.87. The first kappa shape index (κ1) is 27.3. The second-order valence-electron chi connectivity index (χ2n) is 8.48. The number of cyclic esters (lactones) is 1. The minimum atomic E-state index is -1.10. The number of hydrogen-bond donors (Lipinski definition) is 0. The van der Waals surface area contributed by atoms with Crippen LogP contribution in [0.1, 0.15) is 24.1 Å². The summed E-state index contributed by atoms with van der Waals surface area (Å²) >= 11 is 0. The number of nitrogens with zero attached hydrogens (tertiary/aromatic N) is 1. The Hall–Kier alpha value is -3.70. The molecule has 0 bridgehead atoms. The molecule has 0 saturated carbocycles. The van der Waals surface area contributed by atoms with E-state index in [0.717, 1.165) is 27.6 Å². The fourth-order valence-corrected chi connectivity index (χ4v) is 5.25. The number of carbonyl (C=O) groups excluding carboxylic acids is 1. The summed E-state index contributed by atoms with van der Waals surface area (Å²) in [6.45, 7) is 6.44. The van der Waals surface area contributed by atoms with Crippen molar-refractivity contribution in [2.24, 2.45) is 0 Å². The largest absolute Gasteiger partial charge is 0.489 e. The van der Waals surface area contributed by atoms with Gasteiger partial charge in [-0.05, 0) is 54.0 Å². The molecular weight excluding hydrogens is 497 g/mol. The fourth-order valence-electron chi connectivity index (χ4n) is 4.29. The van der Waals surface area contributed by atoms with Gasteiger partial charge in [0.2, 0.25) is 8.38 Å². The van der Waals surface area contributed by atoms with Crippen LogP contribution in [0.4, 0.5) is 4.79 Å². The lowest BCUT2D eigenvalue weighted by molar-refractivity contribution is 0.165. The van der Waals surface area contributed by atoms with E-state index in [9.17, 15) is 4.79 Å². The molecule has 1 aliphatic rings. The Kier molecular flexibility index (Phi) is 9.50. The molecule has 3 aromatic rings. The van der Waals surface area contributed by atoms with E-state index in [4.69, 9.17) is 18.5 Å². The highest BCUT2D eigenvalue weighted by Gasteiger charge is 2.37. The highest BCUT2D eigenvalue weighted by molar-refractivity contribution is 7.55. The number of ether oxygens (including phenoxy) is 2. The molecule has 0 aliphatic carbocycles. The zero-order valence-corrected chi connectivity index (χ0v) is 22.8. The smallest absolute Gasteiger partial charge is 0.415 e. The molecule has 1 fully saturated rings. The zero-order valence-electron chi connectivity index (χ0n) is 21.9. The van der Waals surface area contributed by atoms with Crippen LogP contribution in [0.3, 0.4) is 0 Å². The Balaban J connectivity index is 1.72. The monoisotopic (exact) mass is 529 g/mol. The summed E-state index contributed by atoms with van der Waals surface area (Å²) in [5, 5.41) is 0.994. The van der Waals surface area contributed by atoms with E-state index in [1.54, 1.807) is 25.2 Å². The van der Waals surface area contributed by atoms with Crippen LogP contribution >= 0.6 is 8.38 Å². The summed E-state index contributed by atoms with van der Waals surface area (Å²) in [5.74, 6) is 0.689. The Bertz CT molecular complexity index is 1300.